The lowest BCUT2D eigenvalue weighted by molar-refractivity contribution is -0.131. The molecular weight excluding hydrogens is 467 g/mol. The molecule has 2 heterocycles. The Hall–Kier alpha value is -3.61. The van der Waals surface area contributed by atoms with E-state index in [1.807, 2.05) is 48.2 Å². The van der Waals surface area contributed by atoms with Crippen LogP contribution < -0.4 is 0 Å². The Labute approximate surface area is 217 Å². The number of likely N-dealkylation sites (tertiary alicyclic amines) is 1. The molecule has 2 fully saturated rings. The molecule has 2 aromatic carbocycles. The van der Waals surface area contributed by atoms with Gasteiger partial charge in [0.15, 0.2) is 0 Å². The Morgan fingerprint density at radius 3 is 2.68 bits per heavy atom. The minimum atomic E-state index is -0.967. The van der Waals surface area contributed by atoms with Crippen LogP contribution in [0.2, 0.25) is 0 Å². The van der Waals surface area contributed by atoms with Gasteiger partial charge in [0, 0.05) is 31.1 Å². The number of amidine groups is 1. The lowest BCUT2D eigenvalue weighted by atomic mass is 9.96. The normalized spacial score (nSPS) is 21.1. The summed E-state index contributed by atoms with van der Waals surface area (Å²) < 4.78 is 15.7. The standard InChI is InChI=1S/C30H33FN4O2/c1-5-7-23-22(8-6-9-26(23)32-4)21-12-13-24(25(31)16-21)27-33-30(2,3)29(37)35(27)18-19-14-15-34(17-19)28(36)20-10-11-20/h5-9,12-13,16,19-20H,4,10-11,14-15,17-18H2,1-3H3/b7-5-/t19-/m1/s1. The second-order valence-electron chi connectivity index (χ2n) is 10.7. The van der Waals surface area contributed by atoms with Gasteiger partial charge in [0.25, 0.3) is 5.91 Å². The van der Waals surface area contributed by atoms with Crippen LogP contribution >= 0.6 is 0 Å². The van der Waals surface area contributed by atoms with Crippen LogP contribution in [0, 0.1) is 17.7 Å². The molecule has 0 aromatic heterocycles. The first-order valence-electron chi connectivity index (χ1n) is 13.0. The van der Waals surface area contributed by atoms with Gasteiger partial charge >= 0.3 is 0 Å². The maximum absolute atomic E-state index is 15.7. The number of hydrogen-bond acceptors (Lipinski definition) is 4. The summed E-state index contributed by atoms with van der Waals surface area (Å²) in [4.78, 5) is 38.1. The monoisotopic (exact) mass is 500 g/mol. The summed E-state index contributed by atoms with van der Waals surface area (Å²) in [6.07, 6.45) is 6.65. The van der Waals surface area contributed by atoms with E-state index in [-0.39, 0.29) is 23.7 Å². The summed E-state index contributed by atoms with van der Waals surface area (Å²) in [5.74, 6) is 0.350. The lowest BCUT2D eigenvalue weighted by Crippen LogP contribution is -2.43. The summed E-state index contributed by atoms with van der Waals surface area (Å²) >= 11 is 0. The van der Waals surface area contributed by atoms with Crippen molar-refractivity contribution in [2.24, 2.45) is 21.8 Å². The van der Waals surface area contributed by atoms with E-state index in [2.05, 4.69) is 16.7 Å². The van der Waals surface area contributed by atoms with Crippen molar-refractivity contribution >= 4 is 36.1 Å². The van der Waals surface area contributed by atoms with E-state index in [1.165, 1.54) is 6.07 Å². The number of rotatable bonds is 7. The Morgan fingerprint density at radius 2 is 2.00 bits per heavy atom. The highest BCUT2D eigenvalue weighted by Crippen LogP contribution is 2.36. The number of halogens is 1. The minimum absolute atomic E-state index is 0.141. The number of nitrogens with zero attached hydrogens (tertiary/aromatic N) is 4. The molecule has 0 N–H and O–H groups in total. The molecule has 0 spiro atoms. The predicted molar refractivity (Wildman–Crippen MR) is 145 cm³/mol. The van der Waals surface area contributed by atoms with Crippen LogP contribution in [0.15, 0.2) is 52.5 Å². The molecule has 7 heteroatoms. The zero-order chi connectivity index (χ0) is 26.3. The van der Waals surface area contributed by atoms with Crippen LogP contribution in [0.1, 0.15) is 51.2 Å². The largest absolute Gasteiger partial charge is 0.342 e. The fourth-order valence-corrected chi connectivity index (χ4v) is 5.35. The quantitative estimate of drug-likeness (QED) is 0.472. The summed E-state index contributed by atoms with van der Waals surface area (Å²) in [5, 5.41) is 0. The lowest BCUT2D eigenvalue weighted by Gasteiger charge is -2.25. The molecule has 2 aromatic rings. The van der Waals surface area contributed by atoms with Crippen molar-refractivity contribution in [3.05, 3.63) is 59.4 Å². The van der Waals surface area contributed by atoms with E-state index in [1.54, 1.807) is 24.8 Å². The van der Waals surface area contributed by atoms with Crippen molar-refractivity contribution < 1.29 is 14.0 Å². The van der Waals surface area contributed by atoms with Crippen molar-refractivity contribution in [2.75, 3.05) is 19.6 Å². The van der Waals surface area contributed by atoms with Crippen LogP contribution in [-0.4, -0.2) is 59.3 Å². The number of amides is 2. The molecule has 1 atom stereocenters. The van der Waals surface area contributed by atoms with E-state index in [9.17, 15) is 9.59 Å². The van der Waals surface area contributed by atoms with Gasteiger partial charge in [-0.2, -0.15) is 0 Å². The molecule has 0 unspecified atom stereocenters. The Bertz CT molecular complexity index is 1320. The fourth-order valence-electron chi connectivity index (χ4n) is 5.35. The molecule has 1 aliphatic carbocycles. The summed E-state index contributed by atoms with van der Waals surface area (Å²) in [7, 11) is 0. The minimum Gasteiger partial charge on any atom is -0.342 e. The third-order valence-electron chi connectivity index (χ3n) is 7.48. The summed E-state index contributed by atoms with van der Waals surface area (Å²) in [6.45, 7) is 10.9. The molecule has 1 saturated carbocycles. The number of carbonyl (C=O) groups is 2. The van der Waals surface area contributed by atoms with Gasteiger partial charge in [0.1, 0.15) is 17.2 Å². The third-order valence-corrected chi connectivity index (χ3v) is 7.48. The molecule has 5 rings (SSSR count). The van der Waals surface area contributed by atoms with Crippen LogP contribution in [0.5, 0.6) is 0 Å². The molecule has 37 heavy (non-hydrogen) atoms. The Kier molecular flexibility index (Phi) is 6.56. The van der Waals surface area contributed by atoms with E-state index in [0.717, 1.165) is 36.1 Å². The zero-order valence-corrected chi connectivity index (χ0v) is 21.7. The SMILES string of the molecule is C=Nc1cccc(-c2ccc(C3=NC(C)(C)C(=O)N3C[C@@H]3CCN(C(=O)C4CC4)C3)c(F)c2)c1/C=C\C. The molecule has 0 radical (unpaired) electrons. The van der Waals surface area contributed by atoms with Crippen LogP contribution in [-0.2, 0) is 9.59 Å². The van der Waals surface area contributed by atoms with Crippen molar-refractivity contribution in [1.29, 1.82) is 0 Å². The molecule has 2 aliphatic heterocycles. The molecule has 192 valence electrons. The summed E-state index contributed by atoms with van der Waals surface area (Å²) in [5.41, 5.74) is 2.49. The smallest absolute Gasteiger partial charge is 0.255 e. The highest BCUT2D eigenvalue weighted by atomic mass is 19.1. The second kappa shape index (κ2) is 9.69. The first-order chi connectivity index (χ1) is 17.7. The number of aliphatic imine (C=N–C) groups is 2. The average molecular weight is 501 g/mol. The number of benzene rings is 2. The molecule has 1 saturated heterocycles. The van der Waals surface area contributed by atoms with Crippen LogP contribution in [0.25, 0.3) is 17.2 Å². The van der Waals surface area contributed by atoms with E-state index in [4.69, 9.17) is 0 Å². The van der Waals surface area contributed by atoms with E-state index in [0.29, 0.717) is 36.6 Å². The molecule has 3 aliphatic rings. The summed E-state index contributed by atoms with van der Waals surface area (Å²) in [6, 6.07) is 10.7. The van der Waals surface area contributed by atoms with Gasteiger partial charge in [-0.05, 0) is 82.0 Å². The Balaban J connectivity index is 1.43. The molecule has 2 amide bonds. The fraction of sp³-hybridized carbons (Fsp3) is 0.400. The number of hydrogen-bond donors (Lipinski definition) is 0. The topological polar surface area (TPSA) is 65.3 Å². The maximum atomic E-state index is 15.7. The average Bonchev–Trinajstić information content (AvgIpc) is 3.58. The number of allylic oxidation sites excluding steroid dienone is 1. The molecule has 0 bridgehead atoms. The van der Waals surface area contributed by atoms with Gasteiger partial charge in [-0.3, -0.25) is 24.5 Å². The highest BCUT2D eigenvalue weighted by Gasteiger charge is 2.44. The third kappa shape index (κ3) is 4.75. The van der Waals surface area contributed by atoms with Crippen molar-refractivity contribution in [3.63, 3.8) is 0 Å². The second-order valence-corrected chi connectivity index (χ2v) is 10.7. The molecular formula is C30H33FN4O2. The Morgan fingerprint density at radius 1 is 1.22 bits per heavy atom. The van der Waals surface area contributed by atoms with Gasteiger partial charge in [-0.1, -0.05) is 30.4 Å². The number of carbonyl (C=O) groups excluding carboxylic acids is 2. The van der Waals surface area contributed by atoms with Gasteiger partial charge in [0.05, 0.1) is 11.3 Å². The zero-order valence-electron chi connectivity index (χ0n) is 21.7. The van der Waals surface area contributed by atoms with Crippen molar-refractivity contribution in [1.82, 2.24) is 9.80 Å². The predicted octanol–water partition coefficient (Wildman–Crippen LogP) is 5.48. The molecule has 6 nitrogen and oxygen atoms in total. The maximum Gasteiger partial charge on any atom is 0.255 e. The van der Waals surface area contributed by atoms with Crippen molar-refractivity contribution in [2.45, 2.75) is 45.6 Å². The van der Waals surface area contributed by atoms with Crippen molar-refractivity contribution in [3.8, 4) is 11.1 Å². The van der Waals surface area contributed by atoms with Crippen LogP contribution in [0.3, 0.4) is 0 Å². The van der Waals surface area contributed by atoms with E-state index >= 15 is 4.39 Å². The van der Waals surface area contributed by atoms with Gasteiger partial charge in [-0.25, -0.2) is 4.39 Å². The first-order valence-corrected chi connectivity index (χ1v) is 13.0. The highest BCUT2D eigenvalue weighted by molar-refractivity contribution is 6.15. The van der Waals surface area contributed by atoms with Gasteiger partial charge in [-0.15, -0.1) is 0 Å². The van der Waals surface area contributed by atoms with E-state index < -0.39 is 11.4 Å². The van der Waals surface area contributed by atoms with Gasteiger partial charge in [0.2, 0.25) is 5.91 Å². The van der Waals surface area contributed by atoms with Crippen LogP contribution in [0.4, 0.5) is 10.1 Å². The first kappa shape index (κ1) is 25.1. The van der Waals surface area contributed by atoms with Gasteiger partial charge < -0.3 is 4.90 Å².